The van der Waals surface area contributed by atoms with E-state index in [1.807, 2.05) is 19.6 Å². The van der Waals surface area contributed by atoms with Gasteiger partial charge in [0.1, 0.15) is 12.4 Å². The quantitative estimate of drug-likeness (QED) is 0.314. The topological polar surface area (TPSA) is 44.8 Å². The van der Waals surface area contributed by atoms with Crippen LogP contribution in [0.15, 0.2) is 11.3 Å². The van der Waals surface area contributed by atoms with Gasteiger partial charge in [0, 0.05) is 7.11 Å². The number of rotatable bonds is 5. The number of carbonyl (C=O) groups is 1. The summed E-state index contributed by atoms with van der Waals surface area (Å²) in [5.74, 6) is 0.198. The van der Waals surface area contributed by atoms with Crippen molar-refractivity contribution in [3.8, 4) is 0 Å². The van der Waals surface area contributed by atoms with E-state index < -0.39 is 8.32 Å². The van der Waals surface area contributed by atoms with E-state index in [9.17, 15) is 4.79 Å². The Hall–Kier alpha value is -0.813. The standard InChI is InChI=1S/C10H20O4Si/c1-8(10(11)13-3)9(7-12-2)14-15(4,5)6/h7H2,1-6H3/b9-8-. The first-order valence-electron chi connectivity index (χ1n) is 4.78. The van der Waals surface area contributed by atoms with Crippen LogP contribution in [0, 0.1) is 0 Å². The van der Waals surface area contributed by atoms with Crippen molar-refractivity contribution in [2.45, 2.75) is 26.6 Å². The fourth-order valence-corrected chi connectivity index (χ4v) is 1.93. The van der Waals surface area contributed by atoms with Crippen LogP contribution in [0.3, 0.4) is 0 Å². The van der Waals surface area contributed by atoms with Crippen molar-refractivity contribution < 1.29 is 18.7 Å². The lowest BCUT2D eigenvalue weighted by Crippen LogP contribution is -2.27. The molecule has 0 aliphatic heterocycles. The van der Waals surface area contributed by atoms with Gasteiger partial charge in [0.2, 0.25) is 8.32 Å². The molecule has 0 heterocycles. The van der Waals surface area contributed by atoms with Gasteiger partial charge in [-0.05, 0) is 26.6 Å². The number of carbonyl (C=O) groups excluding carboxylic acids is 1. The molecule has 15 heavy (non-hydrogen) atoms. The SMILES string of the molecule is COC/C(O[Si](C)(C)C)=C(\C)C(=O)OC. The normalized spacial score (nSPS) is 13.2. The van der Waals surface area contributed by atoms with E-state index in [0.29, 0.717) is 17.9 Å². The summed E-state index contributed by atoms with van der Waals surface area (Å²) in [6.45, 7) is 8.12. The molecule has 0 aromatic carbocycles. The molecule has 0 rings (SSSR count). The predicted molar refractivity (Wildman–Crippen MR) is 61.0 cm³/mol. The van der Waals surface area contributed by atoms with Gasteiger partial charge in [-0.2, -0.15) is 0 Å². The van der Waals surface area contributed by atoms with Crippen LogP contribution in [0.1, 0.15) is 6.92 Å². The third-order valence-corrected chi connectivity index (χ3v) is 2.47. The van der Waals surface area contributed by atoms with Crippen molar-refractivity contribution in [1.29, 1.82) is 0 Å². The molecule has 5 heteroatoms. The van der Waals surface area contributed by atoms with Crippen molar-refractivity contribution in [3.63, 3.8) is 0 Å². The Morgan fingerprint density at radius 2 is 1.73 bits per heavy atom. The lowest BCUT2D eigenvalue weighted by atomic mass is 10.2. The summed E-state index contributed by atoms with van der Waals surface area (Å²) in [5.41, 5.74) is 0.474. The second-order valence-corrected chi connectivity index (χ2v) is 8.62. The fraction of sp³-hybridized carbons (Fsp3) is 0.700. The Balaban J connectivity index is 4.85. The molecule has 0 amide bonds. The van der Waals surface area contributed by atoms with E-state index in [0.717, 1.165) is 0 Å². The zero-order valence-electron chi connectivity index (χ0n) is 10.3. The van der Waals surface area contributed by atoms with Crippen molar-refractivity contribution in [2.24, 2.45) is 0 Å². The van der Waals surface area contributed by atoms with Crippen LogP contribution in [0.4, 0.5) is 0 Å². The van der Waals surface area contributed by atoms with E-state index in [2.05, 4.69) is 4.74 Å². The fourth-order valence-electron chi connectivity index (χ4n) is 0.982. The zero-order valence-corrected chi connectivity index (χ0v) is 11.3. The van der Waals surface area contributed by atoms with Gasteiger partial charge in [-0.25, -0.2) is 4.79 Å². The minimum absolute atomic E-state index is 0.297. The smallest absolute Gasteiger partial charge is 0.336 e. The highest BCUT2D eigenvalue weighted by molar-refractivity contribution is 6.70. The Bertz CT molecular complexity index is 253. The van der Waals surface area contributed by atoms with E-state index in [4.69, 9.17) is 9.16 Å². The molecule has 0 aromatic heterocycles. The first-order chi connectivity index (χ1) is 6.81. The van der Waals surface area contributed by atoms with E-state index in [-0.39, 0.29) is 5.97 Å². The average molecular weight is 232 g/mol. The largest absolute Gasteiger partial charge is 0.545 e. The first kappa shape index (κ1) is 14.2. The van der Waals surface area contributed by atoms with Crippen molar-refractivity contribution >= 4 is 14.3 Å². The summed E-state index contributed by atoms with van der Waals surface area (Å²) in [4.78, 5) is 11.3. The minimum Gasteiger partial charge on any atom is -0.545 e. The summed E-state index contributed by atoms with van der Waals surface area (Å²) in [5, 5.41) is 0. The number of hydrogen-bond acceptors (Lipinski definition) is 4. The Morgan fingerprint density at radius 1 is 1.20 bits per heavy atom. The first-order valence-corrected chi connectivity index (χ1v) is 8.18. The van der Waals surface area contributed by atoms with Crippen molar-refractivity contribution in [3.05, 3.63) is 11.3 Å². The number of ether oxygens (including phenoxy) is 2. The third kappa shape index (κ3) is 5.59. The molecular formula is C10H20O4Si. The lowest BCUT2D eigenvalue weighted by molar-refractivity contribution is -0.136. The second kappa shape index (κ2) is 5.92. The van der Waals surface area contributed by atoms with Crippen LogP contribution in [0.25, 0.3) is 0 Å². The zero-order chi connectivity index (χ0) is 12.1. The van der Waals surface area contributed by atoms with Crippen LogP contribution in [0.2, 0.25) is 19.6 Å². The molecule has 0 saturated heterocycles. The summed E-state index contributed by atoms with van der Waals surface area (Å²) < 4.78 is 15.4. The van der Waals surface area contributed by atoms with Gasteiger partial charge in [-0.1, -0.05) is 0 Å². The average Bonchev–Trinajstić information content (AvgIpc) is 2.13. The Kier molecular flexibility index (Phi) is 5.60. The third-order valence-electron chi connectivity index (χ3n) is 1.61. The maximum absolute atomic E-state index is 11.3. The summed E-state index contributed by atoms with van der Waals surface area (Å²) in [6.07, 6.45) is 0. The molecular weight excluding hydrogens is 212 g/mol. The molecule has 0 spiro atoms. The maximum atomic E-state index is 11.3. The molecule has 0 aliphatic carbocycles. The lowest BCUT2D eigenvalue weighted by Gasteiger charge is -2.22. The van der Waals surface area contributed by atoms with Gasteiger partial charge in [0.05, 0.1) is 12.7 Å². The molecule has 0 fully saturated rings. The van der Waals surface area contributed by atoms with Gasteiger partial charge in [0.15, 0.2) is 0 Å². The highest BCUT2D eigenvalue weighted by atomic mass is 28.4. The summed E-state index contributed by atoms with van der Waals surface area (Å²) in [6, 6.07) is 0. The Morgan fingerprint density at radius 3 is 2.07 bits per heavy atom. The number of hydrogen-bond donors (Lipinski definition) is 0. The molecule has 0 bridgehead atoms. The molecule has 0 unspecified atom stereocenters. The van der Waals surface area contributed by atoms with Crippen LogP contribution in [-0.2, 0) is 18.7 Å². The molecule has 0 radical (unpaired) electrons. The van der Waals surface area contributed by atoms with Crippen molar-refractivity contribution in [1.82, 2.24) is 0 Å². The number of methoxy groups -OCH3 is 2. The molecule has 0 aliphatic rings. The van der Waals surface area contributed by atoms with E-state index in [1.165, 1.54) is 7.11 Å². The highest BCUT2D eigenvalue weighted by Gasteiger charge is 2.21. The number of esters is 1. The predicted octanol–water partition coefficient (Wildman–Crippen LogP) is 1.93. The molecule has 88 valence electrons. The highest BCUT2D eigenvalue weighted by Crippen LogP contribution is 2.15. The Labute approximate surface area is 92.3 Å². The molecule has 0 aromatic rings. The summed E-state index contributed by atoms with van der Waals surface area (Å²) >= 11 is 0. The van der Waals surface area contributed by atoms with Gasteiger partial charge >= 0.3 is 5.97 Å². The minimum atomic E-state index is -1.72. The van der Waals surface area contributed by atoms with Crippen molar-refractivity contribution in [2.75, 3.05) is 20.8 Å². The molecule has 4 nitrogen and oxygen atoms in total. The van der Waals surface area contributed by atoms with Crippen LogP contribution >= 0.6 is 0 Å². The molecule has 0 atom stereocenters. The van der Waals surface area contributed by atoms with Gasteiger partial charge in [-0.3, -0.25) is 0 Å². The summed E-state index contributed by atoms with van der Waals surface area (Å²) in [7, 11) is 1.19. The van der Waals surface area contributed by atoms with E-state index >= 15 is 0 Å². The molecule has 0 saturated carbocycles. The van der Waals surface area contributed by atoms with Gasteiger partial charge in [0.25, 0.3) is 0 Å². The van der Waals surface area contributed by atoms with Gasteiger partial charge in [-0.15, -0.1) is 0 Å². The second-order valence-electron chi connectivity index (χ2n) is 4.19. The van der Waals surface area contributed by atoms with Crippen LogP contribution in [-0.4, -0.2) is 35.1 Å². The maximum Gasteiger partial charge on any atom is 0.336 e. The molecule has 0 N–H and O–H groups in total. The van der Waals surface area contributed by atoms with E-state index in [1.54, 1.807) is 14.0 Å². The van der Waals surface area contributed by atoms with Crippen LogP contribution in [0.5, 0.6) is 0 Å². The van der Waals surface area contributed by atoms with Gasteiger partial charge < -0.3 is 13.9 Å². The van der Waals surface area contributed by atoms with Crippen LogP contribution < -0.4 is 0 Å². The monoisotopic (exact) mass is 232 g/mol.